The molecule has 21 heavy (non-hydrogen) atoms. The molecule has 2 heterocycles. The molecule has 1 aromatic heterocycles. The Balaban J connectivity index is 2.04. The van der Waals surface area contributed by atoms with Gasteiger partial charge in [-0.3, -0.25) is 0 Å². The lowest BCUT2D eigenvalue weighted by Crippen LogP contribution is -2.05. The van der Waals surface area contributed by atoms with Crippen LogP contribution in [0.3, 0.4) is 0 Å². The van der Waals surface area contributed by atoms with Gasteiger partial charge in [-0.25, -0.2) is 0 Å². The Bertz CT molecular complexity index is 724. The first-order chi connectivity index (χ1) is 10.3. The average Bonchev–Trinajstić information content (AvgIpc) is 2.75. The molecule has 106 valence electrons. The van der Waals surface area contributed by atoms with Gasteiger partial charge in [0.1, 0.15) is 11.9 Å². The Morgan fingerprint density at radius 2 is 2.10 bits per heavy atom. The summed E-state index contributed by atoms with van der Waals surface area (Å²) in [6.45, 7) is 0.905. The zero-order chi connectivity index (χ0) is 14.7. The summed E-state index contributed by atoms with van der Waals surface area (Å²) >= 11 is 2.28. The van der Waals surface area contributed by atoms with Crippen molar-refractivity contribution < 1.29 is 0 Å². The van der Waals surface area contributed by atoms with Gasteiger partial charge in [-0.15, -0.1) is 10.2 Å². The third-order valence-electron chi connectivity index (χ3n) is 3.68. The number of aryl methyl sites for hydroxylation is 1. The standard InChI is InChI=1S/C16H15IN4/c17-14-7-4-3-6-12(14)10-13(11-18)16-20-19-15-8-2-1-5-9-21(15)16/h3-4,6-7,10H,1-2,5,8-9H2/b13-10-. The summed E-state index contributed by atoms with van der Waals surface area (Å²) in [6, 6.07) is 10.3. The van der Waals surface area contributed by atoms with Crippen LogP contribution in [-0.4, -0.2) is 14.8 Å². The minimum atomic E-state index is 0.583. The molecule has 3 rings (SSSR count). The lowest BCUT2D eigenvalue weighted by Gasteiger charge is -2.06. The molecule has 1 aliphatic rings. The van der Waals surface area contributed by atoms with Gasteiger partial charge >= 0.3 is 0 Å². The van der Waals surface area contributed by atoms with E-state index in [-0.39, 0.29) is 0 Å². The zero-order valence-electron chi connectivity index (χ0n) is 11.6. The average molecular weight is 390 g/mol. The van der Waals surface area contributed by atoms with E-state index in [1.54, 1.807) is 0 Å². The van der Waals surface area contributed by atoms with E-state index in [9.17, 15) is 5.26 Å². The number of aromatic nitrogens is 3. The van der Waals surface area contributed by atoms with Crippen LogP contribution in [0.25, 0.3) is 11.6 Å². The van der Waals surface area contributed by atoms with Crippen LogP contribution < -0.4 is 0 Å². The van der Waals surface area contributed by atoms with Gasteiger partial charge in [0, 0.05) is 16.5 Å². The molecule has 1 aromatic carbocycles. The quantitative estimate of drug-likeness (QED) is 0.581. The van der Waals surface area contributed by atoms with E-state index >= 15 is 0 Å². The van der Waals surface area contributed by atoms with E-state index in [1.807, 2.05) is 30.3 Å². The topological polar surface area (TPSA) is 54.5 Å². The molecule has 0 unspecified atom stereocenters. The van der Waals surface area contributed by atoms with Gasteiger partial charge in [0.15, 0.2) is 5.82 Å². The molecule has 5 heteroatoms. The predicted octanol–water partition coefficient (Wildman–Crippen LogP) is 3.67. The summed E-state index contributed by atoms with van der Waals surface area (Å²) in [7, 11) is 0. The van der Waals surface area contributed by atoms with E-state index in [0.29, 0.717) is 11.4 Å². The SMILES string of the molecule is N#C/C(=C/c1ccccc1I)c1nnc2n1CCCCC2. The lowest BCUT2D eigenvalue weighted by molar-refractivity contribution is 0.627. The maximum atomic E-state index is 9.52. The molecule has 0 saturated carbocycles. The molecule has 2 aromatic rings. The minimum absolute atomic E-state index is 0.583. The highest BCUT2D eigenvalue weighted by molar-refractivity contribution is 14.1. The van der Waals surface area contributed by atoms with Crippen LogP contribution in [0.15, 0.2) is 24.3 Å². The largest absolute Gasteiger partial charge is 0.310 e. The van der Waals surface area contributed by atoms with Crippen molar-refractivity contribution in [3.05, 3.63) is 45.0 Å². The van der Waals surface area contributed by atoms with E-state index in [0.717, 1.165) is 40.8 Å². The molecule has 4 nitrogen and oxygen atoms in total. The first kappa shape index (κ1) is 14.3. The van der Waals surface area contributed by atoms with Crippen molar-refractivity contribution in [2.75, 3.05) is 0 Å². The van der Waals surface area contributed by atoms with Crippen LogP contribution >= 0.6 is 22.6 Å². The number of nitriles is 1. The second-order valence-electron chi connectivity index (χ2n) is 5.09. The molecule has 0 fully saturated rings. The van der Waals surface area contributed by atoms with Crippen molar-refractivity contribution >= 4 is 34.2 Å². The Morgan fingerprint density at radius 1 is 1.24 bits per heavy atom. The summed E-state index contributed by atoms with van der Waals surface area (Å²) in [5, 5.41) is 18.0. The van der Waals surface area contributed by atoms with E-state index < -0.39 is 0 Å². The molecule has 0 N–H and O–H groups in total. The van der Waals surface area contributed by atoms with Crippen molar-refractivity contribution in [3.63, 3.8) is 0 Å². The van der Waals surface area contributed by atoms with Gasteiger partial charge in [-0.1, -0.05) is 24.6 Å². The van der Waals surface area contributed by atoms with Crippen LogP contribution in [0.5, 0.6) is 0 Å². The molecule has 0 radical (unpaired) electrons. The number of hydrogen-bond acceptors (Lipinski definition) is 3. The molecule has 0 atom stereocenters. The third-order valence-corrected chi connectivity index (χ3v) is 4.66. The van der Waals surface area contributed by atoms with Crippen molar-refractivity contribution in [2.24, 2.45) is 0 Å². The number of halogens is 1. The lowest BCUT2D eigenvalue weighted by atomic mass is 10.1. The van der Waals surface area contributed by atoms with Crippen molar-refractivity contribution in [1.82, 2.24) is 14.8 Å². The number of nitrogens with zero attached hydrogens (tertiary/aromatic N) is 4. The fourth-order valence-electron chi connectivity index (χ4n) is 2.58. The second-order valence-corrected chi connectivity index (χ2v) is 6.26. The molecular weight excluding hydrogens is 375 g/mol. The van der Waals surface area contributed by atoms with Crippen LogP contribution in [0.4, 0.5) is 0 Å². The fraction of sp³-hybridized carbons (Fsp3) is 0.312. The van der Waals surface area contributed by atoms with Gasteiger partial charge in [0.25, 0.3) is 0 Å². The monoisotopic (exact) mass is 390 g/mol. The van der Waals surface area contributed by atoms with Crippen molar-refractivity contribution in [3.8, 4) is 6.07 Å². The smallest absolute Gasteiger partial charge is 0.174 e. The summed E-state index contributed by atoms with van der Waals surface area (Å²) in [5.41, 5.74) is 1.63. The first-order valence-corrected chi connectivity index (χ1v) is 8.16. The molecule has 0 aliphatic carbocycles. The van der Waals surface area contributed by atoms with Crippen LogP contribution in [0, 0.1) is 14.9 Å². The molecule has 0 bridgehead atoms. The summed E-state index contributed by atoms with van der Waals surface area (Å²) in [6.07, 6.45) is 6.35. The van der Waals surface area contributed by atoms with Crippen molar-refractivity contribution in [2.45, 2.75) is 32.2 Å². The van der Waals surface area contributed by atoms with Gasteiger partial charge in [0.2, 0.25) is 0 Å². The fourth-order valence-corrected chi connectivity index (χ4v) is 3.12. The highest BCUT2D eigenvalue weighted by atomic mass is 127. The predicted molar refractivity (Wildman–Crippen MR) is 90.2 cm³/mol. The number of allylic oxidation sites excluding steroid dienone is 1. The van der Waals surface area contributed by atoms with Gasteiger partial charge < -0.3 is 4.57 Å². The molecule has 0 saturated heterocycles. The van der Waals surface area contributed by atoms with Crippen LogP contribution in [-0.2, 0) is 13.0 Å². The number of benzene rings is 1. The first-order valence-electron chi connectivity index (χ1n) is 7.08. The molecular formula is C16H15IN4. The van der Waals surface area contributed by atoms with Gasteiger partial charge in [0.05, 0.1) is 5.57 Å². The highest BCUT2D eigenvalue weighted by Crippen LogP contribution is 2.23. The van der Waals surface area contributed by atoms with Crippen LogP contribution in [0.1, 0.15) is 36.5 Å². The number of hydrogen-bond donors (Lipinski definition) is 0. The number of fused-ring (bicyclic) bond motifs is 1. The molecule has 0 amide bonds. The zero-order valence-corrected chi connectivity index (χ0v) is 13.7. The second kappa shape index (κ2) is 6.39. The van der Waals surface area contributed by atoms with Gasteiger partial charge in [-0.05, 0) is 53.1 Å². The van der Waals surface area contributed by atoms with Crippen LogP contribution in [0.2, 0.25) is 0 Å². The van der Waals surface area contributed by atoms with Crippen molar-refractivity contribution in [1.29, 1.82) is 5.26 Å². The summed E-state index contributed by atoms with van der Waals surface area (Å²) < 4.78 is 3.23. The van der Waals surface area contributed by atoms with Gasteiger partial charge in [-0.2, -0.15) is 5.26 Å². The highest BCUT2D eigenvalue weighted by Gasteiger charge is 2.17. The van der Waals surface area contributed by atoms with E-state index in [4.69, 9.17) is 0 Å². The summed E-state index contributed by atoms with van der Waals surface area (Å²) in [5.74, 6) is 1.71. The molecule has 0 spiro atoms. The summed E-state index contributed by atoms with van der Waals surface area (Å²) in [4.78, 5) is 0. The van der Waals surface area contributed by atoms with E-state index in [1.165, 1.54) is 6.42 Å². The maximum Gasteiger partial charge on any atom is 0.174 e. The number of rotatable bonds is 2. The Morgan fingerprint density at radius 3 is 2.90 bits per heavy atom. The minimum Gasteiger partial charge on any atom is -0.310 e. The Labute approximate surface area is 137 Å². The Kier molecular flexibility index (Phi) is 4.34. The molecule has 1 aliphatic heterocycles. The third kappa shape index (κ3) is 3.00. The van der Waals surface area contributed by atoms with E-state index in [2.05, 4.69) is 43.4 Å². The normalized spacial score (nSPS) is 15.1. The Hall–Kier alpha value is -1.68. The maximum absolute atomic E-state index is 9.52.